The van der Waals surface area contributed by atoms with Crippen LogP contribution < -0.4 is 4.90 Å². The molecule has 0 radical (unpaired) electrons. The van der Waals surface area contributed by atoms with E-state index < -0.39 is 105 Å². The van der Waals surface area contributed by atoms with E-state index >= 15 is 8.78 Å². The number of nitrogens with zero attached hydrogens (tertiary/aromatic N) is 2. The van der Waals surface area contributed by atoms with E-state index in [1.54, 1.807) is 36.4 Å². The quantitative estimate of drug-likeness (QED) is 0.0979. The van der Waals surface area contributed by atoms with Gasteiger partial charge in [0, 0.05) is 0 Å². The molecule has 244 valence electrons. The van der Waals surface area contributed by atoms with Crippen LogP contribution >= 0.6 is 23.2 Å². The number of anilines is 1. The van der Waals surface area contributed by atoms with Crippen molar-refractivity contribution in [3.8, 4) is 0 Å². The van der Waals surface area contributed by atoms with Gasteiger partial charge in [-0.3, -0.25) is 24.1 Å². The Balaban J connectivity index is 1.39. The summed E-state index contributed by atoms with van der Waals surface area (Å²) in [5, 5.41) is 9.67. The number of halogens is 7. The number of hydrogen-bond acceptors (Lipinski definition) is 6. The maximum absolute atomic E-state index is 15.1. The minimum atomic E-state index is -2.69. The lowest BCUT2D eigenvalue weighted by Crippen LogP contribution is -2.60. The molecule has 4 amide bonds. The number of aliphatic hydroxyl groups is 1. The Bertz CT molecular complexity index is 1910. The molecule has 2 aromatic carbocycles. The number of alkyl halides is 2. The van der Waals surface area contributed by atoms with Crippen molar-refractivity contribution in [1.82, 2.24) is 4.90 Å². The molecule has 7 rings (SSSR count). The normalized spacial score (nSPS) is 30.1. The molecule has 3 heterocycles. The molecule has 3 fully saturated rings. The van der Waals surface area contributed by atoms with E-state index in [0.717, 1.165) is 4.90 Å². The molecule has 1 aromatic heterocycles. The SMILES string of the molecule is O=C1C2CC=C3C(CC4(Cl)C(=O)N(c5c(F)c(F)c(F)c(F)c5F)C(=O)C4(Cl)C3c3ccc(CO)o3)C2C(=O)N1Cc1ccccc1. The first-order valence-corrected chi connectivity index (χ1v) is 15.1. The molecular weight excluding hydrogens is 674 g/mol. The van der Waals surface area contributed by atoms with Gasteiger partial charge in [-0.05, 0) is 36.5 Å². The number of aliphatic hydroxyl groups excluding tert-OH is 1. The zero-order valence-corrected chi connectivity index (χ0v) is 25.3. The Labute approximate surface area is 272 Å². The number of rotatable bonds is 5. The summed E-state index contributed by atoms with van der Waals surface area (Å²) in [5.41, 5.74) is -0.950. The minimum absolute atomic E-state index is 0.00216. The predicted octanol–water partition coefficient (Wildman–Crippen LogP) is 5.23. The molecule has 6 unspecified atom stereocenters. The molecule has 1 N–H and O–H groups in total. The van der Waals surface area contributed by atoms with E-state index in [9.17, 15) is 37.5 Å². The van der Waals surface area contributed by atoms with Crippen molar-refractivity contribution in [2.75, 3.05) is 4.90 Å². The molecule has 8 nitrogen and oxygen atoms in total. The molecule has 4 aliphatic rings. The fraction of sp³-hybridized carbons (Fsp3) is 0.312. The van der Waals surface area contributed by atoms with E-state index in [1.807, 2.05) is 0 Å². The van der Waals surface area contributed by atoms with Gasteiger partial charge in [0.1, 0.15) is 23.8 Å². The molecule has 6 atom stereocenters. The van der Waals surface area contributed by atoms with Crippen molar-refractivity contribution >= 4 is 52.5 Å². The van der Waals surface area contributed by atoms with E-state index in [1.165, 1.54) is 12.1 Å². The fourth-order valence-corrected chi connectivity index (χ4v) is 8.42. The molecule has 1 saturated carbocycles. The second kappa shape index (κ2) is 10.7. The van der Waals surface area contributed by atoms with Gasteiger partial charge in [-0.25, -0.2) is 26.9 Å². The summed E-state index contributed by atoms with van der Waals surface area (Å²) in [4.78, 5) is 51.3. The molecule has 15 heteroatoms. The summed E-state index contributed by atoms with van der Waals surface area (Å²) in [6, 6.07) is 11.3. The summed E-state index contributed by atoms with van der Waals surface area (Å²) >= 11 is 14.0. The van der Waals surface area contributed by atoms with Crippen LogP contribution in [-0.4, -0.2) is 43.4 Å². The highest BCUT2D eigenvalue weighted by Crippen LogP contribution is 2.66. The van der Waals surface area contributed by atoms with E-state index in [2.05, 4.69) is 0 Å². The van der Waals surface area contributed by atoms with E-state index in [4.69, 9.17) is 27.6 Å². The Morgan fingerprint density at radius 2 is 1.47 bits per heavy atom. The Morgan fingerprint density at radius 1 is 0.830 bits per heavy atom. The van der Waals surface area contributed by atoms with Gasteiger partial charge >= 0.3 is 0 Å². The van der Waals surface area contributed by atoms with Gasteiger partial charge in [-0.2, -0.15) is 0 Å². The first-order valence-electron chi connectivity index (χ1n) is 14.3. The second-order valence-corrected chi connectivity index (χ2v) is 13.1. The van der Waals surface area contributed by atoms with Crippen LogP contribution in [0.4, 0.5) is 27.6 Å². The van der Waals surface area contributed by atoms with Crippen molar-refractivity contribution in [2.45, 2.75) is 41.7 Å². The molecule has 0 bridgehead atoms. The summed E-state index contributed by atoms with van der Waals surface area (Å²) in [6.07, 6.45) is 0.945. The van der Waals surface area contributed by atoms with E-state index in [-0.39, 0.29) is 35.0 Å². The lowest BCUT2D eigenvalue weighted by Gasteiger charge is -2.49. The molecule has 3 aromatic rings. The Morgan fingerprint density at radius 3 is 2.09 bits per heavy atom. The number of hydrogen-bond donors (Lipinski definition) is 1. The summed E-state index contributed by atoms with van der Waals surface area (Å²) in [5.74, 6) is -21.3. The van der Waals surface area contributed by atoms with Gasteiger partial charge in [-0.1, -0.05) is 42.0 Å². The first kappa shape index (κ1) is 31.5. The third-order valence-corrected chi connectivity index (χ3v) is 11.0. The van der Waals surface area contributed by atoms with E-state index in [0.29, 0.717) is 5.56 Å². The van der Waals surface area contributed by atoms with Crippen molar-refractivity contribution in [2.24, 2.45) is 17.8 Å². The number of imide groups is 2. The van der Waals surface area contributed by atoms with Crippen LogP contribution in [0.3, 0.4) is 0 Å². The minimum Gasteiger partial charge on any atom is -0.463 e. The Hall–Kier alpha value is -4.07. The van der Waals surface area contributed by atoms with Gasteiger partial charge in [-0.15, -0.1) is 23.2 Å². The number of likely N-dealkylation sites (tertiary alicyclic amines) is 1. The molecule has 2 saturated heterocycles. The topological polar surface area (TPSA) is 108 Å². The van der Waals surface area contributed by atoms with Crippen molar-refractivity contribution in [1.29, 1.82) is 0 Å². The van der Waals surface area contributed by atoms with Gasteiger partial charge in [0.2, 0.25) is 17.6 Å². The molecular formula is C32H21Cl2F5N2O6. The van der Waals surface area contributed by atoms with Crippen LogP contribution in [0.5, 0.6) is 0 Å². The number of benzene rings is 2. The summed E-state index contributed by atoms with van der Waals surface area (Å²) in [6.45, 7) is -0.655. The van der Waals surface area contributed by atoms with Crippen LogP contribution in [0, 0.1) is 46.8 Å². The Kier molecular flexibility index (Phi) is 7.19. The number of amides is 4. The average Bonchev–Trinajstić information content (AvgIpc) is 3.67. The standard InChI is InChI=1S/C32H21Cl2F5N2O6/c33-31-10-17-15(7-8-16-19(17)28(44)40(27(16)43)11-13-4-2-1-3-5-13)20(18-9-6-14(12-42)47-18)32(31,34)30(46)41(29(31)45)26-24(38)22(36)21(35)23(37)25(26)39/h1-7,9,16-17,19-20,42H,8,10-12H2. The van der Waals surface area contributed by atoms with Crippen LogP contribution in [0.25, 0.3) is 0 Å². The largest absolute Gasteiger partial charge is 0.463 e. The monoisotopic (exact) mass is 694 g/mol. The summed E-state index contributed by atoms with van der Waals surface area (Å²) in [7, 11) is 0. The highest BCUT2D eigenvalue weighted by Gasteiger charge is 2.77. The fourth-order valence-electron chi connectivity index (χ4n) is 7.50. The molecule has 2 aliphatic heterocycles. The van der Waals surface area contributed by atoms with Crippen LogP contribution in [0.1, 0.15) is 35.8 Å². The number of fused-ring (bicyclic) bond motifs is 4. The van der Waals surface area contributed by atoms with Crippen LogP contribution in [0.15, 0.2) is 58.5 Å². The van der Waals surface area contributed by atoms with Gasteiger partial charge in [0.25, 0.3) is 11.8 Å². The third kappa shape index (κ3) is 4.08. The van der Waals surface area contributed by atoms with Crippen molar-refractivity contribution < 1.29 is 50.7 Å². The zero-order valence-electron chi connectivity index (χ0n) is 23.8. The number of allylic oxidation sites excluding steroid dienone is 2. The van der Waals surface area contributed by atoms with Crippen molar-refractivity contribution in [3.63, 3.8) is 0 Å². The highest BCUT2D eigenvalue weighted by atomic mass is 35.5. The van der Waals surface area contributed by atoms with Crippen LogP contribution in [0.2, 0.25) is 0 Å². The maximum atomic E-state index is 15.1. The number of carbonyl (C=O) groups is 4. The van der Waals surface area contributed by atoms with Gasteiger partial charge in [0.05, 0.1) is 24.3 Å². The predicted molar refractivity (Wildman–Crippen MR) is 153 cm³/mol. The zero-order chi connectivity index (χ0) is 33.7. The van der Waals surface area contributed by atoms with Crippen molar-refractivity contribution in [3.05, 3.63) is 100 Å². The lowest BCUT2D eigenvalue weighted by molar-refractivity contribution is -0.141. The first-order chi connectivity index (χ1) is 22.3. The summed E-state index contributed by atoms with van der Waals surface area (Å²) < 4.78 is 78.5. The molecule has 0 spiro atoms. The molecule has 2 aliphatic carbocycles. The number of furan rings is 1. The lowest BCUT2D eigenvalue weighted by atomic mass is 9.57. The smallest absolute Gasteiger partial charge is 0.258 e. The average molecular weight is 695 g/mol. The maximum Gasteiger partial charge on any atom is 0.258 e. The molecule has 47 heavy (non-hydrogen) atoms. The van der Waals surface area contributed by atoms with Gasteiger partial charge < -0.3 is 9.52 Å². The number of carbonyl (C=O) groups excluding carboxylic acids is 4. The second-order valence-electron chi connectivity index (χ2n) is 11.9. The highest BCUT2D eigenvalue weighted by molar-refractivity contribution is 6.58. The van der Waals surface area contributed by atoms with Crippen LogP contribution in [-0.2, 0) is 32.3 Å². The van der Waals surface area contributed by atoms with Gasteiger partial charge in [0.15, 0.2) is 33.0 Å². The third-order valence-electron chi connectivity index (χ3n) is 9.62.